The predicted molar refractivity (Wildman–Crippen MR) is 179 cm³/mol. The molecule has 0 aromatic heterocycles. The Morgan fingerprint density at radius 1 is 0.605 bits per heavy atom. The first-order chi connectivity index (χ1) is 21.0. The minimum absolute atomic E-state index is 0.00752. The van der Waals surface area contributed by atoms with Crippen molar-refractivity contribution in [2.75, 3.05) is 13.2 Å². The second-order valence-corrected chi connectivity index (χ2v) is 13.3. The van der Waals surface area contributed by atoms with E-state index < -0.39 is 37.2 Å². The Bertz CT molecular complexity index is 635. The summed E-state index contributed by atoms with van der Waals surface area (Å²) in [6.07, 6.45) is 27.4. The number of amides is 1. The number of carbonyl (C=O) groups excluding carboxylic acids is 1. The third-order valence-electron chi connectivity index (χ3n) is 9.32. The van der Waals surface area contributed by atoms with Crippen molar-refractivity contribution in [2.45, 2.75) is 211 Å². The van der Waals surface area contributed by atoms with Crippen LogP contribution in [0, 0.1) is 0 Å². The van der Waals surface area contributed by atoms with E-state index in [1.54, 1.807) is 4.90 Å². The summed E-state index contributed by atoms with van der Waals surface area (Å²) < 4.78 is 5.91. The number of aliphatic hydroxyl groups excluding tert-OH is 3. The summed E-state index contributed by atoms with van der Waals surface area (Å²) >= 11 is 0. The topological polar surface area (TPSA) is 116 Å². The zero-order valence-electron chi connectivity index (χ0n) is 28.4. The average molecular weight is 613 g/mol. The summed E-state index contributed by atoms with van der Waals surface area (Å²) in [7, 11) is 0. The first kappa shape index (κ1) is 40.3. The van der Waals surface area contributed by atoms with Gasteiger partial charge in [-0.3, -0.25) is 4.79 Å². The van der Waals surface area contributed by atoms with Crippen LogP contribution in [0.4, 0.5) is 0 Å². The molecule has 1 heterocycles. The van der Waals surface area contributed by atoms with Crippen molar-refractivity contribution < 1.29 is 24.9 Å². The number of hydrogen-bond acceptors (Lipinski definition) is 6. The number of ether oxygens (including phenoxy) is 1. The zero-order valence-corrected chi connectivity index (χ0v) is 28.4. The molecule has 0 saturated carbocycles. The SMILES string of the molecule is CCCCCCCCCCCCCCCC(=O)N(CCCCCCCCCCCCCC)[C@@H]1O[C@H](CO)[C@@H](O)[C@H](O)[C@H]1N. The summed E-state index contributed by atoms with van der Waals surface area (Å²) in [5.74, 6) is -0.00752. The van der Waals surface area contributed by atoms with Crippen LogP contribution in [0.3, 0.4) is 0 Å². The number of carbonyl (C=O) groups is 1. The lowest BCUT2D eigenvalue weighted by Crippen LogP contribution is -2.67. The molecule has 7 heteroatoms. The smallest absolute Gasteiger partial charge is 0.224 e. The molecule has 1 aliphatic rings. The van der Waals surface area contributed by atoms with E-state index in [1.807, 2.05) is 0 Å². The molecule has 1 saturated heterocycles. The van der Waals surface area contributed by atoms with E-state index in [1.165, 1.54) is 122 Å². The molecular formula is C36H72N2O5. The van der Waals surface area contributed by atoms with E-state index in [0.29, 0.717) is 13.0 Å². The minimum atomic E-state index is -1.26. The molecule has 256 valence electrons. The Balaban J connectivity index is 2.37. The van der Waals surface area contributed by atoms with Crippen LogP contribution in [0.1, 0.15) is 181 Å². The number of hydrogen-bond donors (Lipinski definition) is 4. The first-order valence-electron chi connectivity index (χ1n) is 18.6. The third-order valence-corrected chi connectivity index (χ3v) is 9.32. The standard InChI is InChI=1S/C36H72N2O5/c1-3-5-7-9-11-13-15-17-18-20-22-24-26-28-32(40)38(36-33(37)35(42)34(41)31(30-39)43-36)29-27-25-23-21-19-16-14-12-10-8-6-4-2/h31,33-36,39,41-42H,3-30,37H2,1-2H3/t31-,33-,34-,35-,36-/m1/s1. The van der Waals surface area contributed by atoms with E-state index in [9.17, 15) is 20.1 Å². The van der Waals surface area contributed by atoms with Gasteiger partial charge in [-0.1, -0.05) is 162 Å². The Hall–Kier alpha value is -0.730. The van der Waals surface area contributed by atoms with Crippen LogP contribution in [0.15, 0.2) is 0 Å². The van der Waals surface area contributed by atoms with E-state index >= 15 is 0 Å². The van der Waals surface area contributed by atoms with Crippen molar-refractivity contribution in [3.05, 3.63) is 0 Å². The first-order valence-corrected chi connectivity index (χ1v) is 18.6. The fraction of sp³-hybridized carbons (Fsp3) is 0.972. The monoisotopic (exact) mass is 613 g/mol. The van der Waals surface area contributed by atoms with Gasteiger partial charge in [0.25, 0.3) is 0 Å². The van der Waals surface area contributed by atoms with Gasteiger partial charge in [-0.05, 0) is 12.8 Å². The fourth-order valence-corrected chi connectivity index (χ4v) is 6.35. The second kappa shape index (κ2) is 27.6. The highest BCUT2D eigenvalue weighted by Gasteiger charge is 2.45. The summed E-state index contributed by atoms with van der Waals surface area (Å²) in [6.45, 7) is 4.61. The van der Waals surface area contributed by atoms with Crippen LogP contribution in [0.25, 0.3) is 0 Å². The Labute approximate surface area is 265 Å². The van der Waals surface area contributed by atoms with Gasteiger partial charge in [0.15, 0.2) is 6.23 Å². The van der Waals surface area contributed by atoms with E-state index in [-0.39, 0.29) is 5.91 Å². The molecule has 0 unspecified atom stereocenters. The number of nitrogens with zero attached hydrogens (tertiary/aromatic N) is 1. The number of unbranched alkanes of at least 4 members (excludes halogenated alkanes) is 23. The summed E-state index contributed by atoms with van der Waals surface area (Å²) in [5, 5.41) is 30.5. The van der Waals surface area contributed by atoms with Crippen LogP contribution in [-0.2, 0) is 9.53 Å². The van der Waals surface area contributed by atoms with Gasteiger partial charge in [-0.15, -0.1) is 0 Å². The maximum atomic E-state index is 13.4. The number of aliphatic hydroxyl groups is 3. The summed E-state index contributed by atoms with van der Waals surface area (Å²) in [5.41, 5.74) is 6.27. The molecule has 5 atom stereocenters. The lowest BCUT2D eigenvalue weighted by molar-refractivity contribution is -0.226. The molecule has 7 nitrogen and oxygen atoms in total. The molecule has 1 rings (SSSR count). The maximum absolute atomic E-state index is 13.4. The molecule has 0 spiro atoms. The highest BCUT2D eigenvalue weighted by Crippen LogP contribution is 2.24. The normalized spacial score (nSPS) is 22.2. The van der Waals surface area contributed by atoms with E-state index in [4.69, 9.17) is 10.5 Å². The van der Waals surface area contributed by atoms with Gasteiger partial charge >= 0.3 is 0 Å². The van der Waals surface area contributed by atoms with Gasteiger partial charge in [0, 0.05) is 13.0 Å². The van der Waals surface area contributed by atoms with Crippen molar-refractivity contribution in [1.29, 1.82) is 0 Å². The molecule has 0 radical (unpaired) electrons. The minimum Gasteiger partial charge on any atom is -0.394 e. The lowest BCUT2D eigenvalue weighted by Gasteiger charge is -2.45. The second-order valence-electron chi connectivity index (χ2n) is 13.3. The Morgan fingerprint density at radius 3 is 1.37 bits per heavy atom. The molecule has 0 aromatic rings. The maximum Gasteiger partial charge on any atom is 0.224 e. The predicted octanol–water partition coefficient (Wildman–Crippen LogP) is 7.76. The average Bonchev–Trinajstić information content (AvgIpc) is 3.01. The lowest BCUT2D eigenvalue weighted by atomic mass is 9.95. The van der Waals surface area contributed by atoms with Gasteiger partial charge in [-0.25, -0.2) is 0 Å². The van der Waals surface area contributed by atoms with Crippen LogP contribution in [-0.4, -0.2) is 69.9 Å². The van der Waals surface area contributed by atoms with Crippen molar-refractivity contribution in [2.24, 2.45) is 5.73 Å². The van der Waals surface area contributed by atoms with Crippen molar-refractivity contribution >= 4 is 5.91 Å². The molecule has 0 bridgehead atoms. The molecule has 1 amide bonds. The highest BCUT2D eigenvalue weighted by atomic mass is 16.5. The fourth-order valence-electron chi connectivity index (χ4n) is 6.35. The molecule has 5 N–H and O–H groups in total. The number of rotatable bonds is 29. The van der Waals surface area contributed by atoms with Crippen LogP contribution in [0.5, 0.6) is 0 Å². The van der Waals surface area contributed by atoms with Crippen LogP contribution >= 0.6 is 0 Å². The van der Waals surface area contributed by atoms with Crippen LogP contribution < -0.4 is 5.73 Å². The van der Waals surface area contributed by atoms with Gasteiger partial charge < -0.3 is 30.7 Å². The third kappa shape index (κ3) is 18.7. The highest BCUT2D eigenvalue weighted by molar-refractivity contribution is 5.76. The zero-order chi connectivity index (χ0) is 31.5. The molecule has 0 aliphatic carbocycles. The number of nitrogens with two attached hydrogens (primary N) is 1. The van der Waals surface area contributed by atoms with Crippen molar-refractivity contribution in [3.8, 4) is 0 Å². The summed E-state index contributed by atoms with van der Waals surface area (Å²) in [4.78, 5) is 15.1. The molecule has 43 heavy (non-hydrogen) atoms. The van der Waals surface area contributed by atoms with E-state index in [0.717, 1.165) is 38.5 Å². The van der Waals surface area contributed by atoms with Gasteiger partial charge in [0.1, 0.15) is 18.3 Å². The molecule has 1 fully saturated rings. The quantitative estimate of drug-likeness (QED) is 0.0642. The van der Waals surface area contributed by atoms with Crippen molar-refractivity contribution in [3.63, 3.8) is 0 Å². The molecule has 0 aromatic carbocycles. The molecular weight excluding hydrogens is 540 g/mol. The van der Waals surface area contributed by atoms with Gasteiger partial charge in [0.2, 0.25) is 5.91 Å². The Kier molecular flexibility index (Phi) is 25.8. The van der Waals surface area contributed by atoms with Gasteiger partial charge in [-0.2, -0.15) is 0 Å². The Morgan fingerprint density at radius 2 is 0.977 bits per heavy atom. The molecule has 1 aliphatic heterocycles. The van der Waals surface area contributed by atoms with Crippen LogP contribution in [0.2, 0.25) is 0 Å². The summed E-state index contributed by atoms with van der Waals surface area (Å²) in [6, 6.07) is -0.911. The van der Waals surface area contributed by atoms with Gasteiger partial charge in [0.05, 0.1) is 12.6 Å². The van der Waals surface area contributed by atoms with E-state index in [2.05, 4.69) is 13.8 Å². The largest absolute Gasteiger partial charge is 0.394 e. The van der Waals surface area contributed by atoms with Crippen molar-refractivity contribution in [1.82, 2.24) is 4.90 Å².